The molecule has 142 valence electrons. The van der Waals surface area contributed by atoms with E-state index in [1.54, 1.807) is 31.4 Å². The second kappa shape index (κ2) is 8.62. The third-order valence-corrected chi connectivity index (χ3v) is 4.96. The fourth-order valence-corrected chi connectivity index (χ4v) is 3.53. The summed E-state index contributed by atoms with van der Waals surface area (Å²) in [6.07, 6.45) is 1.42. The molecular weight excluding hydrogens is 358 g/mol. The summed E-state index contributed by atoms with van der Waals surface area (Å²) in [7, 11) is 1.59. The number of nitrogens with zero attached hydrogens (tertiary/aromatic N) is 1. The van der Waals surface area contributed by atoms with Crippen LogP contribution in [0.4, 0.5) is 0 Å². The van der Waals surface area contributed by atoms with E-state index in [1.807, 2.05) is 0 Å². The summed E-state index contributed by atoms with van der Waals surface area (Å²) < 4.78 is 5.25. The Labute approximate surface area is 158 Å². The Morgan fingerprint density at radius 2 is 1.77 bits per heavy atom. The van der Waals surface area contributed by atoms with Crippen molar-refractivity contribution < 1.29 is 19.1 Å². The van der Waals surface area contributed by atoms with Gasteiger partial charge in [0.25, 0.3) is 11.8 Å². The summed E-state index contributed by atoms with van der Waals surface area (Å²) in [5, 5.41) is 6.12. The summed E-state index contributed by atoms with van der Waals surface area (Å²) in [6, 6.07) is 6.77. The molecule has 3 amide bonds. The fourth-order valence-electron chi connectivity index (χ4n) is 3.53. The van der Waals surface area contributed by atoms with Gasteiger partial charge in [-0.05, 0) is 38.1 Å². The smallest absolute Gasteiger partial charge is 0.261 e. The average molecular weight is 382 g/mol. The van der Waals surface area contributed by atoms with Crippen LogP contribution >= 0.6 is 12.4 Å². The lowest BCUT2D eigenvalue weighted by atomic mass is 9.78. The lowest BCUT2D eigenvalue weighted by Gasteiger charge is -2.35. The first-order chi connectivity index (χ1) is 12.1. The lowest BCUT2D eigenvalue weighted by molar-refractivity contribution is -0.136. The first-order valence-electron chi connectivity index (χ1n) is 8.52. The molecule has 0 aliphatic carbocycles. The van der Waals surface area contributed by atoms with Crippen molar-refractivity contribution in [3.63, 3.8) is 0 Å². The number of amides is 3. The van der Waals surface area contributed by atoms with Crippen molar-refractivity contribution in [1.29, 1.82) is 0 Å². The fraction of sp³-hybridized carbons (Fsp3) is 0.500. The molecule has 0 unspecified atom stereocenters. The highest BCUT2D eigenvalue weighted by atomic mass is 35.5. The van der Waals surface area contributed by atoms with Gasteiger partial charge in [0.1, 0.15) is 0 Å². The number of halogens is 1. The Bertz CT molecular complexity index is 648. The number of methoxy groups -OCH3 is 1. The van der Waals surface area contributed by atoms with Crippen molar-refractivity contribution in [3.05, 3.63) is 35.4 Å². The second-order valence-electron chi connectivity index (χ2n) is 6.53. The number of hydrogen-bond donors (Lipinski definition) is 2. The highest BCUT2D eigenvalue weighted by molar-refractivity contribution is 6.21. The zero-order valence-corrected chi connectivity index (χ0v) is 15.6. The number of benzene rings is 1. The maximum atomic E-state index is 12.7. The predicted octanol–water partition coefficient (Wildman–Crippen LogP) is 0.837. The van der Waals surface area contributed by atoms with E-state index < -0.39 is 5.41 Å². The van der Waals surface area contributed by atoms with Crippen molar-refractivity contribution in [1.82, 2.24) is 15.5 Å². The summed E-state index contributed by atoms with van der Waals surface area (Å²) in [5.74, 6) is -0.681. The van der Waals surface area contributed by atoms with Gasteiger partial charge in [-0.25, -0.2) is 0 Å². The highest BCUT2D eigenvalue weighted by Crippen LogP contribution is 2.29. The molecule has 2 N–H and O–H groups in total. The van der Waals surface area contributed by atoms with Gasteiger partial charge < -0.3 is 15.4 Å². The second-order valence-corrected chi connectivity index (χ2v) is 6.53. The molecule has 1 fully saturated rings. The van der Waals surface area contributed by atoms with E-state index in [9.17, 15) is 14.4 Å². The molecule has 0 aromatic heterocycles. The minimum Gasteiger partial charge on any atom is -0.384 e. The van der Waals surface area contributed by atoms with Crippen LogP contribution in [0.25, 0.3) is 0 Å². The van der Waals surface area contributed by atoms with Gasteiger partial charge in [-0.2, -0.15) is 0 Å². The van der Waals surface area contributed by atoms with Crippen LogP contribution in [-0.4, -0.2) is 62.5 Å². The number of carbonyl (C=O) groups is 3. The molecule has 0 spiro atoms. The van der Waals surface area contributed by atoms with E-state index in [0.29, 0.717) is 30.6 Å². The van der Waals surface area contributed by atoms with Crippen LogP contribution in [0, 0.1) is 5.41 Å². The molecule has 1 saturated heterocycles. The van der Waals surface area contributed by atoms with Crippen molar-refractivity contribution >= 4 is 30.1 Å². The summed E-state index contributed by atoms with van der Waals surface area (Å²) in [6.45, 7) is 2.32. The average Bonchev–Trinajstić information content (AvgIpc) is 2.88. The standard InChI is InChI=1S/C18H23N3O4.ClH/c1-25-12-18(6-8-19-9-7-18)17(24)20-10-11-21-15(22)13-4-2-3-5-14(13)16(21)23;/h2-5,19H,6-12H2,1H3,(H,20,24);1H. The molecule has 1 aromatic rings. The molecule has 0 radical (unpaired) electrons. The van der Waals surface area contributed by atoms with Gasteiger partial charge in [-0.3, -0.25) is 19.3 Å². The molecule has 8 heteroatoms. The van der Waals surface area contributed by atoms with Crippen LogP contribution in [0.2, 0.25) is 0 Å². The number of carbonyl (C=O) groups excluding carboxylic acids is 3. The first-order valence-corrected chi connectivity index (χ1v) is 8.52. The zero-order chi connectivity index (χ0) is 17.9. The van der Waals surface area contributed by atoms with Crippen molar-refractivity contribution in [2.45, 2.75) is 12.8 Å². The topological polar surface area (TPSA) is 87.7 Å². The molecule has 2 aliphatic rings. The maximum absolute atomic E-state index is 12.7. The third kappa shape index (κ3) is 3.75. The Morgan fingerprint density at radius 3 is 2.31 bits per heavy atom. The van der Waals surface area contributed by atoms with E-state index >= 15 is 0 Å². The van der Waals surface area contributed by atoms with Gasteiger partial charge in [0.15, 0.2) is 0 Å². The van der Waals surface area contributed by atoms with Crippen molar-refractivity contribution in [3.8, 4) is 0 Å². The lowest BCUT2D eigenvalue weighted by Crippen LogP contribution is -2.51. The molecule has 3 rings (SSSR count). The number of fused-ring (bicyclic) bond motifs is 1. The zero-order valence-electron chi connectivity index (χ0n) is 14.7. The van der Waals surface area contributed by atoms with Crippen LogP contribution in [0.1, 0.15) is 33.6 Å². The van der Waals surface area contributed by atoms with E-state index in [0.717, 1.165) is 13.1 Å². The van der Waals surface area contributed by atoms with E-state index in [2.05, 4.69) is 10.6 Å². The normalized spacial score (nSPS) is 18.3. The van der Waals surface area contributed by atoms with E-state index in [1.165, 1.54) is 4.90 Å². The van der Waals surface area contributed by atoms with Crippen LogP contribution in [0.15, 0.2) is 24.3 Å². The van der Waals surface area contributed by atoms with E-state index in [4.69, 9.17) is 4.74 Å². The van der Waals surface area contributed by atoms with Gasteiger partial charge in [0.2, 0.25) is 5.91 Å². The number of rotatable bonds is 6. The number of nitrogens with one attached hydrogen (secondary N) is 2. The number of ether oxygens (including phenoxy) is 1. The van der Waals surface area contributed by atoms with Crippen LogP contribution < -0.4 is 10.6 Å². The monoisotopic (exact) mass is 381 g/mol. The molecule has 7 nitrogen and oxygen atoms in total. The van der Waals surface area contributed by atoms with Gasteiger partial charge in [0, 0.05) is 20.2 Å². The quantitative estimate of drug-likeness (QED) is 0.713. The Kier molecular flexibility index (Phi) is 6.75. The summed E-state index contributed by atoms with van der Waals surface area (Å²) in [4.78, 5) is 38.5. The van der Waals surface area contributed by atoms with Crippen LogP contribution in [0.5, 0.6) is 0 Å². The molecule has 2 heterocycles. The summed E-state index contributed by atoms with van der Waals surface area (Å²) >= 11 is 0. The Hall–Kier alpha value is -1.96. The highest BCUT2D eigenvalue weighted by Gasteiger charge is 2.40. The number of hydrogen-bond acceptors (Lipinski definition) is 5. The van der Waals surface area contributed by atoms with Gasteiger partial charge >= 0.3 is 0 Å². The molecule has 0 atom stereocenters. The van der Waals surface area contributed by atoms with Gasteiger partial charge in [-0.1, -0.05) is 12.1 Å². The SMILES string of the molecule is COCC1(C(=O)NCCN2C(=O)c3ccccc3C2=O)CCNCC1.Cl. The van der Waals surface area contributed by atoms with E-state index in [-0.39, 0.29) is 43.2 Å². The molecule has 1 aromatic carbocycles. The number of imide groups is 1. The van der Waals surface area contributed by atoms with Gasteiger partial charge in [0.05, 0.1) is 23.1 Å². The Balaban J connectivity index is 0.00000243. The molecule has 2 aliphatic heterocycles. The maximum Gasteiger partial charge on any atom is 0.261 e. The minimum absolute atomic E-state index is 0. The van der Waals surface area contributed by atoms with Crippen LogP contribution in [-0.2, 0) is 9.53 Å². The van der Waals surface area contributed by atoms with Crippen molar-refractivity contribution in [2.24, 2.45) is 5.41 Å². The number of piperidine rings is 1. The molecule has 0 saturated carbocycles. The summed E-state index contributed by atoms with van der Waals surface area (Å²) in [5.41, 5.74) is 0.309. The first kappa shape index (κ1) is 20.4. The van der Waals surface area contributed by atoms with Gasteiger partial charge in [-0.15, -0.1) is 12.4 Å². The largest absolute Gasteiger partial charge is 0.384 e. The van der Waals surface area contributed by atoms with Crippen LogP contribution in [0.3, 0.4) is 0 Å². The molecule has 26 heavy (non-hydrogen) atoms. The predicted molar refractivity (Wildman–Crippen MR) is 98.5 cm³/mol. The molecular formula is C18H24ClN3O4. The Morgan fingerprint density at radius 1 is 1.19 bits per heavy atom. The third-order valence-electron chi connectivity index (χ3n) is 4.96. The van der Waals surface area contributed by atoms with Crippen molar-refractivity contribution in [2.75, 3.05) is 39.9 Å². The minimum atomic E-state index is -0.540. The molecule has 0 bridgehead atoms.